The molecule has 0 N–H and O–H groups in total. The van der Waals surface area contributed by atoms with Crippen LogP contribution in [0.2, 0.25) is 0 Å². The van der Waals surface area contributed by atoms with Crippen molar-refractivity contribution >= 4 is 51.7 Å². The molecule has 3 fully saturated rings. The zero-order valence-electron chi connectivity index (χ0n) is 19.1. The number of amides is 1. The fraction of sp³-hybridized carbons (Fsp3) is 0.500. The third kappa shape index (κ3) is 4.22. The van der Waals surface area contributed by atoms with Crippen molar-refractivity contribution in [2.75, 3.05) is 18.0 Å². The average molecular weight is 485 g/mol. The van der Waals surface area contributed by atoms with E-state index in [0.29, 0.717) is 39.3 Å². The van der Waals surface area contributed by atoms with Gasteiger partial charge in [0.05, 0.1) is 22.7 Å². The maximum atomic E-state index is 13.7. The van der Waals surface area contributed by atoms with Crippen LogP contribution in [0.5, 0.6) is 0 Å². The van der Waals surface area contributed by atoms with E-state index < -0.39 is 0 Å². The highest BCUT2D eigenvalue weighted by Crippen LogP contribution is 2.38. The van der Waals surface area contributed by atoms with Crippen LogP contribution in [0.3, 0.4) is 0 Å². The summed E-state index contributed by atoms with van der Waals surface area (Å²) in [6.45, 7) is 7.24. The monoisotopic (exact) mass is 484 g/mol. The van der Waals surface area contributed by atoms with E-state index in [1.807, 2.05) is 32.9 Å². The largest absolute Gasteiger partial charge is 0.372 e. The molecule has 2 unspecified atom stereocenters. The number of carbonyl (C=O) groups excluding carboxylic acids is 1. The van der Waals surface area contributed by atoms with Crippen LogP contribution >= 0.6 is 24.0 Å². The van der Waals surface area contributed by atoms with Gasteiger partial charge in [0.1, 0.15) is 15.8 Å². The van der Waals surface area contributed by atoms with Gasteiger partial charge in [0, 0.05) is 25.3 Å². The lowest BCUT2D eigenvalue weighted by Crippen LogP contribution is -2.46. The van der Waals surface area contributed by atoms with Crippen LogP contribution in [0, 0.1) is 6.92 Å². The maximum absolute atomic E-state index is 13.7. The van der Waals surface area contributed by atoms with Crippen molar-refractivity contribution in [3.05, 3.63) is 44.7 Å². The maximum Gasteiger partial charge on any atom is 0.267 e. The normalized spacial score (nSPS) is 25.7. The van der Waals surface area contributed by atoms with E-state index in [2.05, 4.69) is 4.90 Å². The lowest BCUT2D eigenvalue weighted by Gasteiger charge is -2.36. The number of thioether (sulfide) groups is 1. The van der Waals surface area contributed by atoms with Crippen molar-refractivity contribution in [2.45, 2.75) is 64.7 Å². The molecular weight excluding hydrogens is 456 g/mol. The number of fused-ring (bicyclic) bond motifs is 1. The third-order valence-corrected chi connectivity index (χ3v) is 7.82. The van der Waals surface area contributed by atoms with Gasteiger partial charge in [-0.2, -0.15) is 0 Å². The number of ether oxygens (including phenoxy) is 1. The highest BCUT2D eigenvalue weighted by Gasteiger charge is 2.38. The smallest absolute Gasteiger partial charge is 0.267 e. The van der Waals surface area contributed by atoms with Crippen molar-refractivity contribution in [3.8, 4) is 0 Å². The van der Waals surface area contributed by atoms with Gasteiger partial charge >= 0.3 is 0 Å². The summed E-state index contributed by atoms with van der Waals surface area (Å²) in [5.41, 5.74) is 1.79. The number of rotatable bonds is 3. The van der Waals surface area contributed by atoms with Crippen LogP contribution in [0.15, 0.2) is 28.0 Å². The Morgan fingerprint density at radius 3 is 2.55 bits per heavy atom. The number of hydrogen-bond donors (Lipinski definition) is 0. The van der Waals surface area contributed by atoms with Gasteiger partial charge in [-0.3, -0.25) is 18.9 Å². The zero-order valence-corrected chi connectivity index (χ0v) is 20.7. The van der Waals surface area contributed by atoms with E-state index in [1.165, 1.54) is 11.8 Å². The highest BCUT2D eigenvalue weighted by atomic mass is 32.2. The Bertz CT molecular complexity index is 1210. The quantitative estimate of drug-likeness (QED) is 0.485. The first kappa shape index (κ1) is 22.6. The second kappa shape index (κ2) is 8.85. The fourth-order valence-corrected chi connectivity index (χ4v) is 6.44. The predicted molar refractivity (Wildman–Crippen MR) is 136 cm³/mol. The van der Waals surface area contributed by atoms with Crippen LogP contribution in [-0.4, -0.2) is 55.9 Å². The van der Waals surface area contributed by atoms with Crippen molar-refractivity contribution < 1.29 is 9.53 Å². The molecule has 0 bridgehead atoms. The fourth-order valence-electron chi connectivity index (χ4n) is 5.05. The Kier molecular flexibility index (Phi) is 6.05. The van der Waals surface area contributed by atoms with E-state index in [1.54, 1.807) is 21.6 Å². The molecule has 2 aromatic heterocycles. The molecule has 174 valence electrons. The first-order valence-electron chi connectivity index (χ1n) is 11.5. The lowest BCUT2D eigenvalue weighted by molar-refractivity contribution is -0.123. The summed E-state index contributed by atoms with van der Waals surface area (Å²) in [5, 5.41) is 0. The standard InChI is InChI=1S/C24H28N4O3S2/c1-14-8-9-20-25-21(26-12-15(2)31-16(3)13-26)18(22(29)27(20)11-14)10-19-23(30)28(24(32)33-19)17-6-4-5-7-17/h8-11,15-17H,4-7,12-13H2,1-3H3. The number of nitrogens with zero attached hydrogens (tertiary/aromatic N) is 4. The minimum atomic E-state index is -0.184. The number of aryl methyl sites for hydroxylation is 1. The molecule has 2 atom stereocenters. The molecule has 1 saturated carbocycles. The van der Waals surface area contributed by atoms with Crippen LogP contribution in [-0.2, 0) is 9.53 Å². The van der Waals surface area contributed by atoms with E-state index in [-0.39, 0.29) is 29.7 Å². The lowest BCUT2D eigenvalue weighted by atomic mass is 10.1. The molecule has 4 heterocycles. The Morgan fingerprint density at radius 1 is 1.15 bits per heavy atom. The van der Waals surface area contributed by atoms with Gasteiger partial charge in [-0.15, -0.1) is 0 Å². The highest BCUT2D eigenvalue weighted by molar-refractivity contribution is 8.26. The molecule has 3 aliphatic rings. The van der Waals surface area contributed by atoms with E-state index in [0.717, 1.165) is 31.2 Å². The molecule has 2 aliphatic heterocycles. The van der Waals surface area contributed by atoms with Crippen LogP contribution in [0.4, 0.5) is 5.82 Å². The van der Waals surface area contributed by atoms with Crippen molar-refractivity contribution in [1.82, 2.24) is 14.3 Å². The number of carbonyl (C=O) groups is 1. The summed E-state index contributed by atoms with van der Waals surface area (Å²) in [6.07, 6.45) is 7.72. The van der Waals surface area contributed by atoms with Crippen molar-refractivity contribution in [2.24, 2.45) is 0 Å². The van der Waals surface area contributed by atoms with Crippen LogP contribution in [0.1, 0.15) is 50.7 Å². The minimum absolute atomic E-state index is 0.0143. The van der Waals surface area contributed by atoms with Crippen molar-refractivity contribution in [3.63, 3.8) is 0 Å². The van der Waals surface area contributed by atoms with Gasteiger partial charge in [-0.05, 0) is 51.3 Å². The summed E-state index contributed by atoms with van der Waals surface area (Å²) >= 11 is 6.85. The number of thiocarbonyl (C=S) groups is 1. The number of morpholine rings is 1. The topological polar surface area (TPSA) is 67.2 Å². The molecule has 1 aliphatic carbocycles. The molecule has 7 nitrogen and oxygen atoms in total. The summed E-state index contributed by atoms with van der Waals surface area (Å²) < 4.78 is 8.04. The van der Waals surface area contributed by atoms with Gasteiger partial charge in [0.2, 0.25) is 0 Å². The van der Waals surface area contributed by atoms with E-state index in [4.69, 9.17) is 21.9 Å². The Balaban J connectivity index is 1.63. The molecule has 0 aromatic carbocycles. The average Bonchev–Trinajstić information content (AvgIpc) is 3.37. The first-order chi connectivity index (χ1) is 15.8. The molecule has 2 aromatic rings. The second-order valence-electron chi connectivity index (χ2n) is 9.24. The molecular formula is C24H28N4O3S2. The minimum Gasteiger partial charge on any atom is -0.372 e. The van der Waals surface area contributed by atoms with E-state index >= 15 is 0 Å². The van der Waals surface area contributed by atoms with Crippen LogP contribution < -0.4 is 10.5 Å². The molecule has 2 saturated heterocycles. The Labute approximate surface area is 202 Å². The van der Waals surface area contributed by atoms with Crippen molar-refractivity contribution in [1.29, 1.82) is 0 Å². The van der Waals surface area contributed by atoms with Gasteiger partial charge in [0.15, 0.2) is 0 Å². The molecule has 5 rings (SSSR count). The van der Waals surface area contributed by atoms with Gasteiger partial charge in [-0.25, -0.2) is 4.98 Å². The zero-order chi connectivity index (χ0) is 23.3. The Morgan fingerprint density at radius 2 is 1.85 bits per heavy atom. The molecule has 33 heavy (non-hydrogen) atoms. The van der Waals surface area contributed by atoms with Gasteiger partial charge in [0.25, 0.3) is 11.5 Å². The first-order valence-corrected chi connectivity index (χ1v) is 12.7. The molecule has 1 amide bonds. The summed E-state index contributed by atoms with van der Waals surface area (Å²) in [6, 6.07) is 3.97. The predicted octanol–water partition coefficient (Wildman–Crippen LogP) is 3.76. The second-order valence-corrected chi connectivity index (χ2v) is 10.9. The number of hydrogen-bond acceptors (Lipinski definition) is 7. The molecule has 0 radical (unpaired) electrons. The van der Waals surface area contributed by atoms with Gasteiger partial charge < -0.3 is 9.64 Å². The summed E-state index contributed by atoms with van der Waals surface area (Å²) in [7, 11) is 0. The molecule has 9 heteroatoms. The van der Waals surface area contributed by atoms with E-state index in [9.17, 15) is 9.59 Å². The van der Waals surface area contributed by atoms with Gasteiger partial charge in [-0.1, -0.05) is 42.9 Å². The number of anilines is 1. The summed E-state index contributed by atoms with van der Waals surface area (Å²) in [5.74, 6) is 0.497. The van der Waals surface area contributed by atoms with Crippen LogP contribution in [0.25, 0.3) is 11.7 Å². The summed E-state index contributed by atoms with van der Waals surface area (Å²) in [4.78, 5) is 36.2. The third-order valence-electron chi connectivity index (χ3n) is 6.49. The molecule has 0 spiro atoms. The Hall–Kier alpha value is -2.23. The number of aromatic nitrogens is 2. The number of pyridine rings is 1. The SMILES string of the molecule is Cc1ccc2nc(N3CC(C)OC(C)C3)c(C=C3SC(=S)N(C4CCCC4)C3=O)c(=O)n2c1.